The lowest BCUT2D eigenvalue weighted by molar-refractivity contribution is -0.118. The van der Waals surface area contributed by atoms with Gasteiger partial charge in [0, 0.05) is 20.0 Å². The fraction of sp³-hybridized carbons (Fsp3) is 0.429. The Morgan fingerprint density at radius 2 is 2.36 bits per heavy atom. The highest BCUT2D eigenvalue weighted by Crippen LogP contribution is 1.72. The highest BCUT2D eigenvalue weighted by molar-refractivity contribution is 5.72. The van der Waals surface area contributed by atoms with E-state index in [1.807, 2.05) is 5.10 Å². The van der Waals surface area contributed by atoms with Crippen molar-refractivity contribution >= 4 is 5.91 Å². The van der Waals surface area contributed by atoms with Gasteiger partial charge in [0.25, 0.3) is 0 Å². The second-order valence-corrected chi connectivity index (χ2v) is 2.67. The van der Waals surface area contributed by atoms with E-state index in [4.69, 9.17) is 0 Å². The predicted molar refractivity (Wildman–Crippen MR) is 47.8 cm³/mol. The average molecular weight is 198 g/mol. The second kappa shape index (κ2) is 4.35. The molecule has 0 radical (unpaired) electrons. The number of amides is 1. The Bertz CT molecular complexity index is 433. The molecule has 76 valence electrons. The quantitative estimate of drug-likeness (QED) is 0.552. The highest BCUT2D eigenvalue weighted by atomic mass is 16.2. The van der Waals surface area contributed by atoms with Crippen molar-refractivity contribution in [2.45, 2.75) is 13.5 Å². The van der Waals surface area contributed by atoms with Crippen LogP contribution in [0.5, 0.6) is 0 Å². The van der Waals surface area contributed by atoms with Crippen LogP contribution >= 0.6 is 0 Å². The fourth-order valence-electron chi connectivity index (χ4n) is 0.900. The topological polar surface area (TPSA) is 96.8 Å². The smallest absolute Gasteiger partial charge is 0.330 e. The molecular weight excluding hydrogens is 188 g/mol. The summed E-state index contributed by atoms with van der Waals surface area (Å²) in [5, 5.41) is 7.97. The first-order chi connectivity index (χ1) is 6.61. The van der Waals surface area contributed by atoms with Crippen molar-refractivity contribution in [3.63, 3.8) is 0 Å². The number of aromatic amines is 1. The van der Waals surface area contributed by atoms with Crippen LogP contribution in [-0.4, -0.2) is 27.2 Å². The monoisotopic (exact) mass is 198 g/mol. The van der Waals surface area contributed by atoms with Gasteiger partial charge < -0.3 is 5.32 Å². The third-order valence-electron chi connectivity index (χ3n) is 1.54. The molecule has 1 aromatic rings. The van der Waals surface area contributed by atoms with Gasteiger partial charge in [-0.05, 0) is 0 Å². The predicted octanol–water partition coefficient (Wildman–Crippen LogP) is -1.93. The van der Waals surface area contributed by atoms with Crippen molar-refractivity contribution in [1.29, 1.82) is 0 Å². The Balaban J connectivity index is 2.69. The third kappa shape index (κ3) is 2.54. The molecule has 1 heterocycles. The van der Waals surface area contributed by atoms with Crippen molar-refractivity contribution in [1.82, 2.24) is 20.1 Å². The average Bonchev–Trinajstić information content (AvgIpc) is 2.12. The van der Waals surface area contributed by atoms with E-state index in [9.17, 15) is 14.4 Å². The highest BCUT2D eigenvalue weighted by Gasteiger charge is 1.99. The van der Waals surface area contributed by atoms with Crippen LogP contribution in [0.15, 0.2) is 15.9 Å². The van der Waals surface area contributed by atoms with Crippen LogP contribution in [-0.2, 0) is 11.3 Å². The first kappa shape index (κ1) is 10.2. The molecule has 2 N–H and O–H groups in total. The first-order valence-corrected chi connectivity index (χ1v) is 4.00. The molecule has 14 heavy (non-hydrogen) atoms. The molecule has 0 saturated carbocycles. The van der Waals surface area contributed by atoms with Crippen LogP contribution in [0.1, 0.15) is 6.92 Å². The molecule has 7 nitrogen and oxygen atoms in total. The van der Waals surface area contributed by atoms with Crippen LogP contribution in [0.2, 0.25) is 0 Å². The Kier molecular flexibility index (Phi) is 3.16. The van der Waals surface area contributed by atoms with Crippen LogP contribution < -0.4 is 16.4 Å². The number of aromatic nitrogens is 3. The van der Waals surface area contributed by atoms with E-state index in [-0.39, 0.29) is 12.5 Å². The molecule has 1 rings (SSSR count). The Morgan fingerprint density at radius 1 is 1.64 bits per heavy atom. The molecule has 0 bridgehead atoms. The standard InChI is InChI=1S/C7H10N4O3/c1-5(12)8-2-3-11-4-9-10-6(13)7(11)14/h4H,2-3H2,1H3,(H,8,12)(H,10,13). The number of carbonyl (C=O) groups excluding carboxylic acids is 1. The molecule has 0 aromatic carbocycles. The summed E-state index contributed by atoms with van der Waals surface area (Å²) in [6.45, 7) is 1.90. The van der Waals surface area contributed by atoms with Gasteiger partial charge in [0.1, 0.15) is 6.33 Å². The molecule has 0 unspecified atom stereocenters. The lowest BCUT2D eigenvalue weighted by Gasteiger charge is -2.03. The molecule has 0 fully saturated rings. The van der Waals surface area contributed by atoms with E-state index in [1.54, 1.807) is 0 Å². The van der Waals surface area contributed by atoms with Crippen molar-refractivity contribution in [2.75, 3.05) is 6.54 Å². The van der Waals surface area contributed by atoms with Crippen molar-refractivity contribution < 1.29 is 4.79 Å². The zero-order valence-corrected chi connectivity index (χ0v) is 7.61. The molecule has 0 aliphatic heterocycles. The summed E-state index contributed by atoms with van der Waals surface area (Å²) >= 11 is 0. The summed E-state index contributed by atoms with van der Waals surface area (Å²) in [6.07, 6.45) is 1.21. The number of hydrogen-bond acceptors (Lipinski definition) is 4. The summed E-state index contributed by atoms with van der Waals surface area (Å²) in [4.78, 5) is 32.4. The zero-order chi connectivity index (χ0) is 10.6. The van der Waals surface area contributed by atoms with Gasteiger partial charge in [0.05, 0.1) is 0 Å². The SMILES string of the molecule is CC(=O)NCCn1cn[nH]c(=O)c1=O. The maximum Gasteiger partial charge on any atom is 0.330 e. The largest absolute Gasteiger partial charge is 0.355 e. The number of hydrogen-bond donors (Lipinski definition) is 2. The molecule has 1 aromatic heterocycles. The second-order valence-electron chi connectivity index (χ2n) is 2.67. The van der Waals surface area contributed by atoms with Gasteiger partial charge >= 0.3 is 11.1 Å². The van der Waals surface area contributed by atoms with Gasteiger partial charge in [-0.15, -0.1) is 0 Å². The summed E-state index contributed by atoms with van der Waals surface area (Å²) < 4.78 is 1.13. The van der Waals surface area contributed by atoms with Gasteiger partial charge in [-0.3, -0.25) is 19.0 Å². The Labute approximate surface area is 78.8 Å². The van der Waals surface area contributed by atoms with Crippen LogP contribution in [0.4, 0.5) is 0 Å². The lowest BCUT2D eigenvalue weighted by Crippen LogP contribution is -2.38. The maximum absolute atomic E-state index is 11.1. The fourth-order valence-corrected chi connectivity index (χ4v) is 0.900. The van der Waals surface area contributed by atoms with E-state index in [0.29, 0.717) is 6.54 Å². The number of nitrogens with one attached hydrogen (secondary N) is 2. The number of carbonyl (C=O) groups is 1. The summed E-state index contributed by atoms with van der Waals surface area (Å²) in [5.41, 5.74) is -1.44. The Hall–Kier alpha value is -1.92. The summed E-state index contributed by atoms with van der Waals surface area (Å²) in [5.74, 6) is -0.184. The van der Waals surface area contributed by atoms with Crippen LogP contribution in [0, 0.1) is 0 Å². The van der Waals surface area contributed by atoms with E-state index in [1.165, 1.54) is 13.3 Å². The van der Waals surface area contributed by atoms with Gasteiger partial charge in [0.2, 0.25) is 5.91 Å². The minimum atomic E-state index is -0.768. The maximum atomic E-state index is 11.1. The zero-order valence-electron chi connectivity index (χ0n) is 7.61. The van der Waals surface area contributed by atoms with E-state index >= 15 is 0 Å². The van der Waals surface area contributed by atoms with Crippen molar-refractivity contribution in [3.05, 3.63) is 27.0 Å². The van der Waals surface area contributed by atoms with Gasteiger partial charge in [-0.1, -0.05) is 0 Å². The first-order valence-electron chi connectivity index (χ1n) is 4.00. The van der Waals surface area contributed by atoms with Crippen molar-refractivity contribution in [3.8, 4) is 0 Å². The van der Waals surface area contributed by atoms with Crippen molar-refractivity contribution in [2.24, 2.45) is 0 Å². The van der Waals surface area contributed by atoms with Gasteiger partial charge in [0.15, 0.2) is 0 Å². The summed E-state index contributed by atoms with van der Waals surface area (Å²) in [6, 6.07) is 0. The van der Waals surface area contributed by atoms with E-state index in [0.717, 1.165) is 4.57 Å². The molecule has 0 saturated heterocycles. The number of rotatable bonds is 3. The lowest BCUT2D eigenvalue weighted by atomic mass is 10.5. The minimum absolute atomic E-state index is 0.184. The molecule has 0 spiro atoms. The van der Waals surface area contributed by atoms with E-state index < -0.39 is 11.1 Å². The third-order valence-corrected chi connectivity index (χ3v) is 1.54. The Morgan fingerprint density at radius 3 is 3.00 bits per heavy atom. The van der Waals surface area contributed by atoms with Crippen LogP contribution in [0.3, 0.4) is 0 Å². The molecular formula is C7H10N4O3. The van der Waals surface area contributed by atoms with E-state index in [2.05, 4.69) is 10.4 Å². The minimum Gasteiger partial charge on any atom is -0.355 e. The number of nitrogens with zero attached hydrogens (tertiary/aromatic N) is 2. The van der Waals surface area contributed by atoms with Gasteiger partial charge in [-0.2, -0.15) is 5.10 Å². The normalized spacial score (nSPS) is 9.79. The molecule has 0 atom stereocenters. The van der Waals surface area contributed by atoms with Gasteiger partial charge in [-0.25, -0.2) is 5.10 Å². The summed E-state index contributed by atoms with van der Waals surface area (Å²) in [7, 11) is 0. The molecule has 7 heteroatoms. The van der Waals surface area contributed by atoms with Crippen LogP contribution in [0.25, 0.3) is 0 Å². The molecule has 1 amide bonds. The molecule has 0 aliphatic rings. The number of H-pyrrole nitrogens is 1. The molecule has 0 aliphatic carbocycles.